The van der Waals surface area contributed by atoms with Crippen LogP contribution in [0.3, 0.4) is 0 Å². The second-order valence-corrected chi connectivity index (χ2v) is 2.55. The summed E-state index contributed by atoms with van der Waals surface area (Å²) in [4.78, 5) is 21.9. The van der Waals surface area contributed by atoms with Crippen LogP contribution in [0.5, 0.6) is 0 Å². The zero-order chi connectivity index (χ0) is 9.68. The summed E-state index contributed by atoms with van der Waals surface area (Å²) < 4.78 is 0. The molecule has 1 amide bonds. The quantitative estimate of drug-likeness (QED) is 0.413. The molecule has 72 valence electrons. The van der Waals surface area contributed by atoms with Gasteiger partial charge in [0.15, 0.2) is 0 Å². The van der Waals surface area contributed by atoms with Crippen LogP contribution in [-0.2, 0) is 16.2 Å². The van der Waals surface area contributed by atoms with E-state index < -0.39 is 5.91 Å². The lowest BCUT2D eigenvalue weighted by Gasteiger charge is -2.01. The minimum absolute atomic E-state index is 0.135. The van der Waals surface area contributed by atoms with Crippen LogP contribution in [0.1, 0.15) is 11.4 Å². The van der Waals surface area contributed by atoms with E-state index in [4.69, 9.17) is 10.6 Å². The van der Waals surface area contributed by atoms with Crippen LogP contribution in [0.25, 0.3) is 0 Å². The third-order valence-electron chi connectivity index (χ3n) is 1.49. The predicted molar refractivity (Wildman–Crippen MR) is 45.3 cm³/mol. The van der Waals surface area contributed by atoms with E-state index in [0.717, 1.165) is 11.4 Å². The second-order valence-electron chi connectivity index (χ2n) is 2.55. The van der Waals surface area contributed by atoms with E-state index in [1.54, 1.807) is 6.33 Å². The standard InChI is InChI=1S/C7H12N4O2/c1-5-6(10-4-9-5)2-11-13-3-7(8)12/h4,11H,2-3H2,1H3,(H2,8,12)(H,9,10). The molecule has 1 rings (SSSR count). The van der Waals surface area contributed by atoms with Crippen molar-refractivity contribution in [2.75, 3.05) is 6.61 Å². The fraction of sp³-hybridized carbons (Fsp3) is 0.429. The minimum atomic E-state index is -0.508. The molecular formula is C7H12N4O2. The van der Waals surface area contributed by atoms with Gasteiger partial charge in [-0.05, 0) is 6.92 Å². The number of aromatic amines is 1. The summed E-state index contributed by atoms with van der Waals surface area (Å²) in [5, 5.41) is 0. The molecule has 4 N–H and O–H groups in total. The third kappa shape index (κ3) is 3.22. The SMILES string of the molecule is Cc1[nH]cnc1CNOCC(N)=O. The number of hydrogen-bond acceptors (Lipinski definition) is 4. The Morgan fingerprint density at radius 1 is 1.85 bits per heavy atom. The first-order chi connectivity index (χ1) is 6.20. The van der Waals surface area contributed by atoms with Crippen LogP contribution in [-0.4, -0.2) is 22.5 Å². The lowest BCUT2D eigenvalue weighted by molar-refractivity contribution is -0.125. The second kappa shape index (κ2) is 4.58. The van der Waals surface area contributed by atoms with Gasteiger partial charge in [-0.25, -0.2) is 4.98 Å². The fourth-order valence-electron chi connectivity index (χ4n) is 0.807. The minimum Gasteiger partial charge on any atom is -0.368 e. The largest absolute Gasteiger partial charge is 0.368 e. The number of hydrogen-bond donors (Lipinski definition) is 3. The smallest absolute Gasteiger partial charge is 0.245 e. The highest BCUT2D eigenvalue weighted by atomic mass is 16.6. The Kier molecular flexibility index (Phi) is 3.41. The summed E-state index contributed by atoms with van der Waals surface area (Å²) in [6.07, 6.45) is 1.60. The molecule has 6 nitrogen and oxygen atoms in total. The van der Waals surface area contributed by atoms with Crippen molar-refractivity contribution in [2.24, 2.45) is 5.73 Å². The van der Waals surface area contributed by atoms with Crippen LogP contribution in [0.2, 0.25) is 0 Å². The number of carbonyl (C=O) groups excluding carboxylic acids is 1. The molecule has 0 spiro atoms. The highest BCUT2D eigenvalue weighted by Crippen LogP contribution is 1.98. The Labute approximate surface area is 75.4 Å². The van der Waals surface area contributed by atoms with Crippen molar-refractivity contribution in [1.29, 1.82) is 0 Å². The van der Waals surface area contributed by atoms with Crippen LogP contribution in [0.15, 0.2) is 6.33 Å². The molecule has 1 aromatic heterocycles. The first kappa shape index (κ1) is 9.69. The first-order valence-corrected chi connectivity index (χ1v) is 3.82. The van der Waals surface area contributed by atoms with Crippen molar-refractivity contribution in [3.8, 4) is 0 Å². The summed E-state index contributed by atoms with van der Waals surface area (Å²) in [5.41, 5.74) is 9.25. The van der Waals surface area contributed by atoms with Crippen LogP contribution < -0.4 is 11.2 Å². The average molecular weight is 184 g/mol. The van der Waals surface area contributed by atoms with Crippen molar-refractivity contribution in [2.45, 2.75) is 13.5 Å². The molecule has 0 fully saturated rings. The van der Waals surface area contributed by atoms with Gasteiger partial charge in [0.1, 0.15) is 6.61 Å². The first-order valence-electron chi connectivity index (χ1n) is 3.82. The van der Waals surface area contributed by atoms with Crippen LogP contribution in [0, 0.1) is 6.92 Å². The molecule has 6 heteroatoms. The van der Waals surface area contributed by atoms with Gasteiger partial charge < -0.3 is 10.7 Å². The van der Waals surface area contributed by atoms with Gasteiger partial charge in [-0.1, -0.05) is 0 Å². The Balaban J connectivity index is 2.20. The summed E-state index contributed by atoms with van der Waals surface area (Å²) in [6.45, 7) is 2.21. The van der Waals surface area contributed by atoms with Crippen molar-refractivity contribution in [1.82, 2.24) is 15.4 Å². The molecular weight excluding hydrogens is 172 g/mol. The number of aryl methyl sites for hydroxylation is 1. The predicted octanol–water partition coefficient (Wildman–Crippen LogP) is -0.775. The lowest BCUT2D eigenvalue weighted by Crippen LogP contribution is -2.24. The number of H-pyrrole nitrogens is 1. The number of hydroxylamine groups is 1. The van der Waals surface area contributed by atoms with Gasteiger partial charge in [0.25, 0.3) is 0 Å². The number of amides is 1. The molecule has 1 aromatic rings. The fourth-order valence-corrected chi connectivity index (χ4v) is 0.807. The van der Waals surface area contributed by atoms with Gasteiger partial charge in [-0.2, -0.15) is 5.48 Å². The van der Waals surface area contributed by atoms with Crippen LogP contribution in [0.4, 0.5) is 0 Å². The number of nitrogens with zero attached hydrogens (tertiary/aromatic N) is 1. The van der Waals surface area contributed by atoms with E-state index in [1.807, 2.05) is 6.92 Å². The summed E-state index contributed by atoms with van der Waals surface area (Å²) in [6, 6.07) is 0. The Morgan fingerprint density at radius 3 is 3.15 bits per heavy atom. The van der Waals surface area contributed by atoms with Crippen molar-refractivity contribution in [3.05, 3.63) is 17.7 Å². The van der Waals surface area contributed by atoms with Crippen LogP contribution >= 0.6 is 0 Å². The highest BCUT2D eigenvalue weighted by Gasteiger charge is 2.00. The molecule has 0 aromatic carbocycles. The molecule has 0 saturated carbocycles. The molecule has 0 saturated heterocycles. The number of imidazole rings is 1. The van der Waals surface area contributed by atoms with E-state index in [-0.39, 0.29) is 6.61 Å². The van der Waals surface area contributed by atoms with E-state index in [9.17, 15) is 4.79 Å². The maximum Gasteiger partial charge on any atom is 0.245 e. The van der Waals surface area contributed by atoms with Crippen molar-refractivity contribution >= 4 is 5.91 Å². The molecule has 0 atom stereocenters. The third-order valence-corrected chi connectivity index (χ3v) is 1.49. The molecule has 1 heterocycles. The summed E-state index contributed by atoms with van der Waals surface area (Å²) >= 11 is 0. The number of nitrogens with one attached hydrogen (secondary N) is 2. The molecule has 0 aliphatic carbocycles. The van der Waals surface area contributed by atoms with E-state index in [2.05, 4.69) is 15.4 Å². The van der Waals surface area contributed by atoms with Gasteiger partial charge in [-0.3, -0.25) is 9.63 Å². The van der Waals surface area contributed by atoms with Gasteiger partial charge >= 0.3 is 0 Å². The number of rotatable bonds is 5. The molecule has 0 aliphatic rings. The number of carbonyl (C=O) groups is 1. The Hall–Kier alpha value is -1.40. The molecule has 0 radical (unpaired) electrons. The van der Waals surface area contributed by atoms with Crippen molar-refractivity contribution < 1.29 is 9.63 Å². The maximum absolute atomic E-state index is 10.3. The van der Waals surface area contributed by atoms with Gasteiger partial charge in [0.05, 0.1) is 18.6 Å². The lowest BCUT2D eigenvalue weighted by atomic mass is 10.3. The number of nitrogens with two attached hydrogens (primary N) is 1. The zero-order valence-corrected chi connectivity index (χ0v) is 7.33. The summed E-state index contributed by atoms with van der Waals surface area (Å²) in [7, 11) is 0. The normalized spacial score (nSPS) is 10.2. The van der Waals surface area contributed by atoms with Gasteiger partial charge in [0, 0.05) is 5.69 Å². The summed E-state index contributed by atoms with van der Waals surface area (Å²) in [5.74, 6) is -0.508. The molecule has 13 heavy (non-hydrogen) atoms. The van der Waals surface area contributed by atoms with E-state index in [1.165, 1.54) is 0 Å². The maximum atomic E-state index is 10.3. The number of primary amides is 1. The number of aromatic nitrogens is 2. The monoisotopic (exact) mass is 184 g/mol. The molecule has 0 aliphatic heterocycles. The molecule has 0 bridgehead atoms. The molecule has 0 unspecified atom stereocenters. The van der Waals surface area contributed by atoms with E-state index in [0.29, 0.717) is 6.54 Å². The van der Waals surface area contributed by atoms with Crippen molar-refractivity contribution in [3.63, 3.8) is 0 Å². The topological polar surface area (TPSA) is 93.0 Å². The zero-order valence-electron chi connectivity index (χ0n) is 7.33. The van der Waals surface area contributed by atoms with E-state index >= 15 is 0 Å². The Bertz CT molecular complexity index is 284. The Morgan fingerprint density at radius 2 is 2.62 bits per heavy atom. The average Bonchev–Trinajstić information content (AvgIpc) is 2.45. The van der Waals surface area contributed by atoms with Gasteiger partial charge in [0.2, 0.25) is 5.91 Å². The highest BCUT2D eigenvalue weighted by molar-refractivity contribution is 5.74. The van der Waals surface area contributed by atoms with Gasteiger partial charge in [-0.15, -0.1) is 0 Å².